The largest absolute Gasteiger partial charge is 0.345 e. The number of rotatable bonds is 4. The molecular formula is C18H18FNO. The van der Waals surface area contributed by atoms with Crippen LogP contribution in [0.3, 0.4) is 0 Å². The van der Waals surface area contributed by atoms with Crippen molar-refractivity contribution in [3.05, 3.63) is 71.0 Å². The van der Waals surface area contributed by atoms with Crippen LogP contribution in [0.25, 0.3) is 0 Å². The molecule has 0 aliphatic heterocycles. The van der Waals surface area contributed by atoms with E-state index in [1.807, 2.05) is 37.3 Å². The molecule has 1 fully saturated rings. The van der Waals surface area contributed by atoms with E-state index in [1.54, 1.807) is 6.07 Å². The zero-order chi connectivity index (χ0) is 14.8. The first kappa shape index (κ1) is 13.8. The number of aryl methyl sites for hydroxylation is 1. The molecule has 2 nitrogen and oxygen atoms in total. The second-order valence-corrected chi connectivity index (χ2v) is 5.66. The highest BCUT2D eigenvalue weighted by Gasteiger charge is 2.33. The summed E-state index contributed by atoms with van der Waals surface area (Å²) in [6.07, 6.45) is 2.25. The number of nitrogens with one attached hydrogen (secondary N) is 1. The van der Waals surface area contributed by atoms with E-state index in [0.717, 1.165) is 24.0 Å². The van der Waals surface area contributed by atoms with Gasteiger partial charge in [0.25, 0.3) is 5.91 Å². The van der Waals surface area contributed by atoms with Gasteiger partial charge in [-0.05, 0) is 48.9 Å². The van der Waals surface area contributed by atoms with Crippen molar-refractivity contribution in [1.82, 2.24) is 5.32 Å². The first-order valence-corrected chi connectivity index (χ1v) is 7.27. The lowest BCUT2D eigenvalue weighted by Crippen LogP contribution is -2.30. The lowest BCUT2D eigenvalue weighted by atomic mass is 10.0. The molecule has 1 aliphatic rings. The third-order valence-electron chi connectivity index (χ3n) is 3.98. The van der Waals surface area contributed by atoms with E-state index in [-0.39, 0.29) is 17.8 Å². The van der Waals surface area contributed by atoms with Gasteiger partial charge in [-0.2, -0.15) is 0 Å². The highest BCUT2D eigenvalue weighted by Crippen LogP contribution is 2.41. The summed E-state index contributed by atoms with van der Waals surface area (Å²) in [6, 6.07) is 14.3. The first-order valence-electron chi connectivity index (χ1n) is 7.27. The van der Waals surface area contributed by atoms with Crippen molar-refractivity contribution in [1.29, 1.82) is 0 Å². The van der Waals surface area contributed by atoms with Crippen molar-refractivity contribution in [3.63, 3.8) is 0 Å². The quantitative estimate of drug-likeness (QED) is 0.902. The summed E-state index contributed by atoms with van der Waals surface area (Å²) in [6.45, 7) is 1.82. The monoisotopic (exact) mass is 283 g/mol. The van der Waals surface area contributed by atoms with Crippen molar-refractivity contribution >= 4 is 5.91 Å². The lowest BCUT2D eigenvalue weighted by Gasteiger charge is -2.19. The minimum Gasteiger partial charge on any atom is -0.345 e. The molecule has 1 saturated carbocycles. The van der Waals surface area contributed by atoms with Crippen LogP contribution in [0.1, 0.15) is 40.4 Å². The van der Waals surface area contributed by atoms with Gasteiger partial charge in [-0.25, -0.2) is 4.39 Å². The fourth-order valence-electron chi connectivity index (χ4n) is 2.62. The Balaban J connectivity index is 1.83. The second-order valence-electron chi connectivity index (χ2n) is 5.66. The molecule has 1 atom stereocenters. The van der Waals surface area contributed by atoms with Gasteiger partial charge in [-0.1, -0.05) is 36.4 Å². The third-order valence-corrected chi connectivity index (χ3v) is 3.98. The molecule has 108 valence electrons. The summed E-state index contributed by atoms with van der Waals surface area (Å²) in [5.41, 5.74) is 2.32. The van der Waals surface area contributed by atoms with E-state index >= 15 is 0 Å². The van der Waals surface area contributed by atoms with E-state index < -0.39 is 0 Å². The van der Waals surface area contributed by atoms with Crippen LogP contribution < -0.4 is 5.32 Å². The minimum atomic E-state index is -0.381. The molecule has 0 heterocycles. The number of halogens is 1. The Labute approximate surface area is 124 Å². The van der Waals surface area contributed by atoms with Gasteiger partial charge in [0.1, 0.15) is 5.82 Å². The van der Waals surface area contributed by atoms with Crippen LogP contribution in [0.15, 0.2) is 48.5 Å². The van der Waals surface area contributed by atoms with Gasteiger partial charge in [0, 0.05) is 5.56 Å². The topological polar surface area (TPSA) is 29.1 Å². The molecule has 1 amide bonds. The molecule has 2 aromatic carbocycles. The van der Waals surface area contributed by atoms with E-state index in [0.29, 0.717) is 11.5 Å². The Morgan fingerprint density at radius 3 is 2.57 bits per heavy atom. The molecule has 0 spiro atoms. The average molecular weight is 283 g/mol. The maximum Gasteiger partial charge on any atom is 0.252 e. The molecule has 3 heteroatoms. The number of hydrogen-bond acceptors (Lipinski definition) is 1. The summed E-state index contributed by atoms with van der Waals surface area (Å²) in [4.78, 5) is 12.5. The SMILES string of the molecule is Cc1ccc(F)cc1C(=O)NC(c1ccccc1)C1CC1. The number of benzene rings is 2. The Kier molecular flexibility index (Phi) is 3.74. The van der Waals surface area contributed by atoms with Gasteiger partial charge in [0.15, 0.2) is 0 Å². The van der Waals surface area contributed by atoms with E-state index in [2.05, 4.69) is 5.32 Å². The Morgan fingerprint density at radius 1 is 1.19 bits per heavy atom. The van der Waals surface area contributed by atoms with Gasteiger partial charge >= 0.3 is 0 Å². The molecule has 2 aromatic rings. The molecule has 1 aliphatic carbocycles. The number of carbonyl (C=O) groups excluding carboxylic acids is 1. The van der Waals surface area contributed by atoms with Crippen molar-refractivity contribution < 1.29 is 9.18 Å². The molecule has 1 N–H and O–H groups in total. The van der Waals surface area contributed by atoms with Gasteiger partial charge in [0.05, 0.1) is 6.04 Å². The summed E-state index contributed by atoms with van der Waals surface area (Å²) >= 11 is 0. The Hall–Kier alpha value is -2.16. The highest BCUT2D eigenvalue weighted by atomic mass is 19.1. The fraction of sp³-hybridized carbons (Fsp3) is 0.278. The minimum absolute atomic E-state index is 0.0152. The zero-order valence-corrected chi connectivity index (χ0v) is 12.0. The molecule has 0 aromatic heterocycles. The summed E-state index contributed by atoms with van der Waals surface area (Å²) in [5.74, 6) is -0.0913. The summed E-state index contributed by atoms with van der Waals surface area (Å²) < 4.78 is 13.4. The van der Waals surface area contributed by atoms with Crippen LogP contribution in [-0.2, 0) is 0 Å². The van der Waals surface area contributed by atoms with Crippen LogP contribution in [-0.4, -0.2) is 5.91 Å². The van der Waals surface area contributed by atoms with Crippen LogP contribution in [0, 0.1) is 18.7 Å². The average Bonchev–Trinajstić information content (AvgIpc) is 3.32. The molecular weight excluding hydrogens is 265 g/mol. The van der Waals surface area contributed by atoms with Gasteiger partial charge in [0.2, 0.25) is 0 Å². The summed E-state index contributed by atoms with van der Waals surface area (Å²) in [5, 5.41) is 3.07. The van der Waals surface area contributed by atoms with Crippen LogP contribution in [0.2, 0.25) is 0 Å². The molecule has 0 bridgehead atoms. The standard InChI is InChI=1S/C18H18FNO/c1-12-7-10-15(19)11-16(12)18(21)20-17(14-8-9-14)13-5-3-2-4-6-13/h2-7,10-11,14,17H,8-9H2,1H3,(H,20,21). The number of hydrogen-bond donors (Lipinski definition) is 1. The molecule has 0 radical (unpaired) electrons. The van der Waals surface area contributed by atoms with Crippen LogP contribution in [0.5, 0.6) is 0 Å². The molecule has 3 rings (SSSR count). The Bertz CT molecular complexity index is 650. The summed E-state index contributed by atoms with van der Waals surface area (Å²) in [7, 11) is 0. The van der Waals surface area contributed by atoms with Gasteiger partial charge in [-0.3, -0.25) is 4.79 Å². The fourth-order valence-corrected chi connectivity index (χ4v) is 2.62. The van der Waals surface area contributed by atoms with Crippen molar-refractivity contribution in [2.24, 2.45) is 5.92 Å². The number of amides is 1. The van der Waals surface area contributed by atoms with E-state index in [1.165, 1.54) is 12.1 Å². The predicted molar refractivity (Wildman–Crippen MR) is 80.5 cm³/mol. The van der Waals surface area contributed by atoms with Crippen LogP contribution >= 0.6 is 0 Å². The molecule has 1 unspecified atom stereocenters. The van der Waals surface area contributed by atoms with Gasteiger partial charge < -0.3 is 5.32 Å². The Morgan fingerprint density at radius 2 is 1.90 bits per heavy atom. The predicted octanol–water partition coefficient (Wildman–Crippen LogP) is 4.02. The number of carbonyl (C=O) groups is 1. The van der Waals surface area contributed by atoms with E-state index in [9.17, 15) is 9.18 Å². The maximum absolute atomic E-state index is 13.4. The lowest BCUT2D eigenvalue weighted by molar-refractivity contribution is 0.0930. The smallest absolute Gasteiger partial charge is 0.252 e. The molecule has 21 heavy (non-hydrogen) atoms. The van der Waals surface area contributed by atoms with Crippen LogP contribution in [0.4, 0.5) is 4.39 Å². The maximum atomic E-state index is 13.4. The zero-order valence-electron chi connectivity index (χ0n) is 12.0. The first-order chi connectivity index (χ1) is 10.1. The van der Waals surface area contributed by atoms with Crippen molar-refractivity contribution in [3.8, 4) is 0 Å². The second kappa shape index (κ2) is 5.68. The molecule has 0 saturated heterocycles. The third kappa shape index (κ3) is 3.13. The normalized spacial score (nSPS) is 15.5. The van der Waals surface area contributed by atoms with Crippen molar-refractivity contribution in [2.75, 3.05) is 0 Å². The van der Waals surface area contributed by atoms with Gasteiger partial charge in [-0.15, -0.1) is 0 Å². The van der Waals surface area contributed by atoms with E-state index in [4.69, 9.17) is 0 Å². The highest BCUT2D eigenvalue weighted by molar-refractivity contribution is 5.95. The van der Waals surface area contributed by atoms with Crippen molar-refractivity contribution in [2.45, 2.75) is 25.8 Å².